The van der Waals surface area contributed by atoms with Crippen LogP contribution in [0.4, 0.5) is 0 Å². The van der Waals surface area contributed by atoms with E-state index in [0.29, 0.717) is 13.0 Å². The molecule has 0 aromatic heterocycles. The van der Waals surface area contributed by atoms with E-state index in [9.17, 15) is 14.6 Å². The lowest BCUT2D eigenvalue weighted by atomic mass is 9.84. The number of carbonyl (C=O) groups excluding carboxylic acids is 2. The molecule has 0 unspecified atom stereocenters. The maximum atomic E-state index is 11.8. The van der Waals surface area contributed by atoms with Crippen LogP contribution in [0.1, 0.15) is 33.6 Å². The molecule has 1 N–H and O–H groups in total. The summed E-state index contributed by atoms with van der Waals surface area (Å²) in [6.07, 6.45) is 1.45. The summed E-state index contributed by atoms with van der Waals surface area (Å²) in [5.74, 6) is -1.08. The van der Waals surface area contributed by atoms with Crippen molar-refractivity contribution in [1.29, 1.82) is 0 Å². The van der Waals surface area contributed by atoms with E-state index >= 15 is 0 Å². The largest absolute Gasteiger partial charge is 0.437 e. The van der Waals surface area contributed by atoms with Crippen molar-refractivity contribution in [3.8, 4) is 0 Å². The van der Waals surface area contributed by atoms with Gasteiger partial charge in [-0.1, -0.05) is 0 Å². The molecule has 0 aromatic carbocycles. The molecule has 5 nitrogen and oxygen atoms in total. The third kappa shape index (κ3) is 3.54. The Labute approximate surface area is 102 Å². The average molecular weight is 241 g/mol. The second kappa shape index (κ2) is 5.18. The molecule has 0 aromatic rings. The summed E-state index contributed by atoms with van der Waals surface area (Å²) in [5, 5.41) is 9.50. The predicted molar refractivity (Wildman–Crippen MR) is 64.1 cm³/mol. The molecule has 0 spiro atoms. The number of hydrogen-bond acceptors (Lipinski definition) is 5. The first-order chi connectivity index (χ1) is 7.73. The molecule has 1 aliphatic heterocycles. The molecular weight excluding hydrogens is 221 g/mol. The molecule has 1 rings (SSSR count). The van der Waals surface area contributed by atoms with Gasteiger partial charge in [0.05, 0.1) is 5.41 Å². The zero-order chi connectivity index (χ0) is 13.2. The zero-order valence-electron chi connectivity index (χ0n) is 10.9. The van der Waals surface area contributed by atoms with Gasteiger partial charge in [-0.15, -0.1) is 0 Å². The van der Waals surface area contributed by atoms with E-state index in [2.05, 4.69) is 0 Å². The summed E-state index contributed by atoms with van der Waals surface area (Å²) in [6.45, 7) is 7.36. The van der Waals surface area contributed by atoms with Crippen LogP contribution in [0.15, 0.2) is 0 Å². The Morgan fingerprint density at radius 3 is 2.47 bits per heavy atom. The normalized spacial score (nSPS) is 21.4. The van der Waals surface area contributed by atoms with E-state index in [0.717, 1.165) is 6.42 Å². The van der Waals surface area contributed by atoms with Crippen LogP contribution in [0.5, 0.6) is 0 Å². The average Bonchev–Trinajstić information content (AvgIpc) is 2.63. The summed E-state index contributed by atoms with van der Waals surface area (Å²) in [4.78, 5) is 25.1. The Balaban J connectivity index is 2.62. The Bertz CT molecular complexity index is 311. The van der Waals surface area contributed by atoms with Crippen molar-refractivity contribution >= 4 is 19.0 Å². The number of esters is 2. The molecule has 17 heavy (non-hydrogen) atoms. The standard InChI is InChI=1S/C11H20BNO4/c1-11(2,3)10(15)17-9(14)8-6-5-7-13(8)12(4)16/h8,16H,5-7H2,1-4H3/t8-/m0/s1. The van der Waals surface area contributed by atoms with Gasteiger partial charge in [0, 0.05) is 0 Å². The number of rotatable bonds is 2. The van der Waals surface area contributed by atoms with Crippen molar-refractivity contribution in [3.63, 3.8) is 0 Å². The van der Waals surface area contributed by atoms with Crippen molar-refractivity contribution < 1.29 is 19.3 Å². The second-order valence-electron chi connectivity index (χ2n) is 5.49. The van der Waals surface area contributed by atoms with E-state index in [4.69, 9.17) is 4.74 Å². The molecule has 6 heteroatoms. The van der Waals surface area contributed by atoms with Crippen molar-refractivity contribution in [1.82, 2.24) is 4.81 Å². The first-order valence-electron chi connectivity index (χ1n) is 5.93. The molecule has 96 valence electrons. The molecule has 0 radical (unpaired) electrons. The van der Waals surface area contributed by atoms with Crippen molar-refractivity contribution in [2.75, 3.05) is 6.54 Å². The molecule has 0 bridgehead atoms. The number of carbonyl (C=O) groups is 2. The van der Waals surface area contributed by atoms with E-state index in [-0.39, 0.29) is 0 Å². The third-order valence-electron chi connectivity index (χ3n) is 2.85. The third-order valence-corrected chi connectivity index (χ3v) is 2.85. The van der Waals surface area contributed by atoms with Crippen LogP contribution >= 0.6 is 0 Å². The molecule has 0 saturated carbocycles. The zero-order valence-corrected chi connectivity index (χ0v) is 10.9. The topological polar surface area (TPSA) is 66.8 Å². The summed E-state index contributed by atoms with van der Waals surface area (Å²) in [5.41, 5.74) is -0.691. The highest BCUT2D eigenvalue weighted by Crippen LogP contribution is 2.21. The first kappa shape index (κ1) is 14.2. The Morgan fingerprint density at radius 1 is 1.41 bits per heavy atom. The van der Waals surface area contributed by atoms with Gasteiger partial charge in [0.25, 0.3) is 0 Å². The highest BCUT2D eigenvalue weighted by molar-refractivity contribution is 6.45. The van der Waals surface area contributed by atoms with Gasteiger partial charge >= 0.3 is 19.0 Å². The Hall–Kier alpha value is -0.875. The summed E-state index contributed by atoms with van der Waals surface area (Å²) in [6, 6.07) is -0.499. The van der Waals surface area contributed by atoms with E-state index in [1.807, 2.05) is 0 Å². The van der Waals surface area contributed by atoms with Gasteiger partial charge in [0.2, 0.25) is 0 Å². The van der Waals surface area contributed by atoms with Gasteiger partial charge in [0.1, 0.15) is 6.04 Å². The smallest absolute Gasteiger partial charge is 0.377 e. The van der Waals surface area contributed by atoms with Gasteiger partial charge < -0.3 is 14.6 Å². The minimum atomic E-state index is -0.695. The van der Waals surface area contributed by atoms with Crippen LogP contribution in [0.25, 0.3) is 0 Å². The lowest BCUT2D eigenvalue weighted by Gasteiger charge is -2.24. The minimum absolute atomic E-state index is 0.499. The van der Waals surface area contributed by atoms with Crippen LogP contribution < -0.4 is 0 Å². The van der Waals surface area contributed by atoms with Crippen molar-refractivity contribution in [2.24, 2.45) is 5.41 Å². The van der Waals surface area contributed by atoms with Crippen LogP contribution in [-0.2, 0) is 14.3 Å². The van der Waals surface area contributed by atoms with Crippen LogP contribution in [0, 0.1) is 5.41 Å². The van der Waals surface area contributed by atoms with Crippen LogP contribution in [-0.4, -0.2) is 41.4 Å². The SMILES string of the molecule is CB(O)N1CCC[C@H]1C(=O)OC(=O)C(C)(C)C. The molecule has 1 saturated heterocycles. The fourth-order valence-electron chi connectivity index (χ4n) is 1.80. The van der Waals surface area contributed by atoms with Crippen molar-refractivity contribution in [3.05, 3.63) is 0 Å². The van der Waals surface area contributed by atoms with Gasteiger partial charge in [-0.25, -0.2) is 4.79 Å². The number of nitrogens with zero attached hydrogens (tertiary/aromatic N) is 1. The van der Waals surface area contributed by atoms with Gasteiger partial charge in [-0.3, -0.25) is 4.79 Å². The van der Waals surface area contributed by atoms with E-state index in [1.165, 1.54) is 0 Å². The maximum absolute atomic E-state index is 11.8. The fraction of sp³-hybridized carbons (Fsp3) is 0.818. The summed E-state index contributed by atoms with van der Waals surface area (Å²) < 4.78 is 4.85. The fourth-order valence-corrected chi connectivity index (χ4v) is 1.80. The molecule has 1 heterocycles. The highest BCUT2D eigenvalue weighted by Gasteiger charge is 2.38. The Morgan fingerprint density at radius 2 is 2.00 bits per heavy atom. The molecule has 1 atom stereocenters. The van der Waals surface area contributed by atoms with Gasteiger partial charge in [-0.2, -0.15) is 0 Å². The molecule has 0 aliphatic carbocycles. The second-order valence-corrected chi connectivity index (χ2v) is 5.49. The quantitative estimate of drug-likeness (QED) is 0.437. The number of hydrogen-bond donors (Lipinski definition) is 1. The van der Waals surface area contributed by atoms with E-state index in [1.54, 1.807) is 32.4 Å². The number of ether oxygens (including phenoxy) is 1. The Kier molecular flexibility index (Phi) is 4.33. The molecule has 1 fully saturated rings. The lowest BCUT2D eigenvalue weighted by molar-refractivity contribution is -0.167. The molecule has 1 aliphatic rings. The lowest BCUT2D eigenvalue weighted by Crippen LogP contribution is -2.46. The summed E-state index contributed by atoms with van der Waals surface area (Å²) >= 11 is 0. The maximum Gasteiger partial charge on any atom is 0.377 e. The molecular formula is C11H20BNO4. The van der Waals surface area contributed by atoms with Crippen LogP contribution in [0.2, 0.25) is 6.82 Å². The van der Waals surface area contributed by atoms with E-state index < -0.39 is 30.4 Å². The van der Waals surface area contributed by atoms with Gasteiger partial charge in [0.15, 0.2) is 0 Å². The van der Waals surface area contributed by atoms with Gasteiger partial charge in [-0.05, 0) is 47.0 Å². The van der Waals surface area contributed by atoms with Crippen molar-refractivity contribution in [2.45, 2.75) is 46.5 Å². The van der Waals surface area contributed by atoms with Crippen LogP contribution in [0.3, 0.4) is 0 Å². The predicted octanol–water partition coefficient (Wildman–Crippen LogP) is 0.677. The monoisotopic (exact) mass is 241 g/mol. The molecule has 0 amide bonds. The minimum Gasteiger partial charge on any atom is -0.437 e. The summed E-state index contributed by atoms with van der Waals surface area (Å²) in [7, 11) is -0.695. The first-order valence-corrected chi connectivity index (χ1v) is 5.93. The highest BCUT2D eigenvalue weighted by atomic mass is 16.6.